The average Bonchev–Trinajstić information content (AvgIpc) is 2.27. The maximum Gasteiger partial charge on any atom is 0.126 e. The third-order valence-electron chi connectivity index (χ3n) is 3.84. The number of likely N-dealkylation sites (tertiary alicyclic amines) is 1. The summed E-state index contributed by atoms with van der Waals surface area (Å²) in [6.45, 7) is 9.78. The summed E-state index contributed by atoms with van der Waals surface area (Å²) in [6, 6.07) is 5.45. The highest BCUT2D eigenvalue weighted by molar-refractivity contribution is 5.23. The van der Waals surface area contributed by atoms with Gasteiger partial charge in [-0.25, -0.2) is 4.39 Å². The monoisotopic (exact) mass is 235 g/mol. The van der Waals surface area contributed by atoms with E-state index < -0.39 is 0 Å². The number of hydrogen-bond donors (Lipinski definition) is 0. The molecule has 0 amide bonds. The van der Waals surface area contributed by atoms with E-state index >= 15 is 0 Å². The van der Waals surface area contributed by atoms with Gasteiger partial charge in [0.15, 0.2) is 0 Å². The molecule has 2 rings (SSSR count). The van der Waals surface area contributed by atoms with Crippen LogP contribution in [0.4, 0.5) is 4.39 Å². The van der Waals surface area contributed by atoms with Crippen molar-refractivity contribution in [2.75, 3.05) is 13.1 Å². The number of aryl methyl sites for hydroxylation is 1. The van der Waals surface area contributed by atoms with Crippen LogP contribution in [0.5, 0.6) is 0 Å². The Balaban J connectivity index is 1.95. The first-order valence-electron chi connectivity index (χ1n) is 6.44. The minimum Gasteiger partial charge on any atom is -0.299 e. The third kappa shape index (κ3) is 3.29. The number of benzene rings is 1. The SMILES string of the molecule is Cc1cc(CN2CCC(C)(C)CC2)ccc1F. The zero-order valence-electron chi connectivity index (χ0n) is 11.1. The quantitative estimate of drug-likeness (QED) is 0.754. The Morgan fingerprint density at radius 2 is 1.88 bits per heavy atom. The van der Waals surface area contributed by atoms with E-state index in [9.17, 15) is 4.39 Å². The van der Waals surface area contributed by atoms with Crippen LogP contribution in [-0.4, -0.2) is 18.0 Å². The lowest BCUT2D eigenvalue weighted by atomic mass is 9.82. The van der Waals surface area contributed by atoms with Crippen LogP contribution in [0.1, 0.15) is 37.8 Å². The van der Waals surface area contributed by atoms with Crippen molar-refractivity contribution in [3.8, 4) is 0 Å². The van der Waals surface area contributed by atoms with Gasteiger partial charge in [0.1, 0.15) is 5.82 Å². The summed E-state index contributed by atoms with van der Waals surface area (Å²) in [7, 11) is 0. The molecule has 1 fully saturated rings. The number of piperidine rings is 1. The Hall–Kier alpha value is -0.890. The summed E-state index contributed by atoms with van der Waals surface area (Å²) in [4.78, 5) is 2.47. The lowest BCUT2D eigenvalue weighted by molar-refractivity contribution is 0.127. The molecule has 0 radical (unpaired) electrons. The smallest absolute Gasteiger partial charge is 0.126 e. The van der Waals surface area contributed by atoms with Crippen LogP contribution in [0, 0.1) is 18.2 Å². The molecule has 2 heteroatoms. The van der Waals surface area contributed by atoms with E-state index in [1.54, 1.807) is 6.07 Å². The molecule has 1 aliphatic heterocycles. The van der Waals surface area contributed by atoms with E-state index in [2.05, 4.69) is 18.7 Å². The van der Waals surface area contributed by atoms with E-state index in [-0.39, 0.29) is 5.82 Å². The summed E-state index contributed by atoms with van der Waals surface area (Å²) >= 11 is 0. The van der Waals surface area contributed by atoms with Gasteiger partial charge < -0.3 is 0 Å². The minimum absolute atomic E-state index is 0.103. The number of nitrogens with zero attached hydrogens (tertiary/aromatic N) is 1. The topological polar surface area (TPSA) is 3.24 Å². The van der Waals surface area contributed by atoms with Crippen LogP contribution in [0.3, 0.4) is 0 Å². The fourth-order valence-corrected chi connectivity index (χ4v) is 2.38. The van der Waals surface area contributed by atoms with E-state index in [1.165, 1.54) is 18.4 Å². The molecule has 0 saturated carbocycles. The van der Waals surface area contributed by atoms with Crippen molar-refractivity contribution >= 4 is 0 Å². The molecule has 1 heterocycles. The molecule has 1 aromatic rings. The lowest BCUT2D eigenvalue weighted by Gasteiger charge is -2.36. The molecule has 0 aromatic heterocycles. The molecule has 0 unspecified atom stereocenters. The maximum atomic E-state index is 13.2. The van der Waals surface area contributed by atoms with Crippen LogP contribution in [0.25, 0.3) is 0 Å². The van der Waals surface area contributed by atoms with Crippen molar-refractivity contribution in [3.63, 3.8) is 0 Å². The Morgan fingerprint density at radius 1 is 1.24 bits per heavy atom. The largest absolute Gasteiger partial charge is 0.299 e. The average molecular weight is 235 g/mol. The first-order valence-corrected chi connectivity index (χ1v) is 6.44. The zero-order valence-corrected chi connectivity index (χ0v) is 11.1. The van der Waals surface area contributed by atoms with Crippen molar-refractivity contribution in [3.05, 3.63) is 35.1 Å². The number of hydrogen-bond acceptors (Lipinski definition) is 1. The van der Waals surface area contributed by atoms with E-state index in [0.717, 1.165) is 25.2 Å². The molecule has 1 aromatic carbocycles. The summed E-state index contributed by atoms with van der Waals surface area (Å²) < 4.78 is 13.2. The van der Waals surface area contributed by atoms with Gasteiger partial charge in [0.25, 0.3) is 0 Å². The van der Waals surface area contributed by atoms with Crippen molar-refractivity contribution in [1.82, 2.24) is 4.90 Å². The summed E-state index contributed by atoms with van der Waals surface area (Å²) in [6.07, 6.45) is 2.51. The second kappa shape index (κ2) is 4.77. The fraction of sp³-hybridized carbons (Fsp3) is 0.600. The van der Waals surface area contributed by atoms with Crippen molar-refractivity contribution in [2.24, 2.45) is 5.41 Å². The van der Waals surface area contributed by atoms with E-state index in [0.29, 0.717) is 5.41 Å². The Kier molecular flexibility index (Phi) is 3.53. The molecule has 17 heavy (non-hydrogen) atoms. The number of rotatable bonds is 2. The summed E-state index contributed by atoms with van der Waals surface area (Å²) in [5.74, 6) is -0.103. The maximum absolute atomic E-state index is 13.2. The first kappa shape index (κ1) is 12.6. The molecule has 0 aliphatic carbocycles. The summed E-state index contributed by atoms with van der Waals surface area (Å²) in [5, 5.41) is 0. The van der Waals surface area contributed by atoms with Crippen LogP contribution < -0.4 is 0 Å². The van der Waals surface area contributed by atoms with Gasteiger partial charge in [0.05, 0.1) is 0 Å². The molecule has 0 atom stereocenters. The second-order valence-corrected chi connectivity index (χ2v) is 6.02. The van der Waals surface area contributed by atoms with Crippen molar-refractivity contribution < 1.29 is 4.39 Å². The molecule has 0 bridgehead atoms. The molecule has 0 spiro atoms. The number of halogens is 1. The fourth-order valence-electron chi connectivity index (χ4n) is 2.38. The molecule has 94 valence electrons. The lowest BCUT2D eigenvalue weighted by Crippen LogP contribution is -2.36. The van der Waals surface area contributed by atoms with Gasteiger partial charge >= 0.3 is 0 Å². The first-order chi connectivity index (χ1) is 7.96. The molecular weight excluding hydrogens is 213 g/mol. The Bertz CT molecular complexity index is 388. The highest BCUT2D eigenvalue weighted by atomic mass is 19.1. The predicted octanol–water partition coefficient (Wildman–Crippen LogP) is 3.76. The van der Waals surface area contributed by atoms with Crippen LogP contribution >= 0.6 is 0 Å². The highest BCUT2D eigenvalue weighted by Crippen LogP contribution is 2.30. The molecule has 1 aliphatic rings. The van der Waals surface area contributed by atoms with Crippen LogP contribution in [0.15, 0.2) is 18.2 Å². The Labute approximate surface area is 104 Å². The van der Waals surface area contributed by atoms with Gasteiger partial charge in [0, 0.05) is 6.54 Å². The molecular formula is C15H22FN. The third-order valence-corrected chi connectivity index (χ3v) is 3.84. The van der Waals surface area contributed by atoms with Gasteiger partial charge in [-0.05, 0) is 55.5 Å². The van der Waals surface area contributed by atoms with Gasteiger partial charge in [-0.15, -0.1) is 0 Å². The minimum atomic E-state index is -0.103. The predicted molar refractivity (Wildman–Crippen MR) is 69.4 cm³/mol. The van der Waals surface area contributed by atoms with E-state index in [4.69, 9.17) is 0 Å². The van der Waals surface area contributed by atoms with Gasteiger partial charge in [-0.3, -0.25) is 4.90 Å². The van der Waals surface area contributed by atoms with E-state index in [1.807, 2.05) is 19.1 Å². The molecule has 0 N–H and O–H groups in total. The van der Waals surface area contributed by atoms with Gasteiger partial charge in [0.2, 0.25) is 0 Å². The van der Waals surface area contributed by atoms with Gasteiger partial charge in [-0.2, -0.15) is 0 Å². The normalized spacial score (nSPS) is 20.5. The standard InChI is InChI=1S/C15H22FN/c1-12-10-13(4-5-14(12)16)11-17-8-6-15(2,3)7-9-17/h4-5,10H,6-9,11H2,1-3H3. The van der Waals surface area contributed by atoms with Gasteiger partial charge in [-0.1, -0.05) is 26.0 Å². The Morgan fingerprint density at radius 3 is 2.47 bits per heavy atom. The van der Waals surface area contributed by atoms with Crippen LogP contribution in [-0.2, 0) is 6.54 Å². The second-order valence-electron chi connectivity index (χ2n) is 6.02. The van der Waals surface area contributed by atoms with Crippen LogP contribution in [0.2, 0.25) is 0 Å². The van der Waals surface area contributed by atoms with Crippen molar-refractivity contribution in [2.45, 2.75) is 40.2 Å². The molecule has 1 saturated heterocycles. The molecule has 1 nitrogen and oxygen atoms in total. The highest BCUT2D eigenvalue weighted by Gasteiger charge is 2.25. The zero-order chi connectivity index (χ0) is 12.5. The summed E-state index contributed by atoms with van der Waals surface area (Å²) in [5.41, 5.74) is 2.47. The van der Waals surface area contributed by atoms with Crippen molar-refractivity contribution in [1.29, 1.82) is 0 Å².